The molecule has 0 bridgehead atoms. The number of benzene rings is 1. The summed E-state index contributed by atoms with van der Waals surface area (Å²) in [6.07, 6.45) is -6.30. The molecule has 3 aromatic heterocycles. The van der Waals surface area contributed by atoms with Crippen LogP contribution >= 0.6 is 11.6 Å². The molecule has 0 spiro atoms. The van der Waals surface area contributed by atoms with Crippen LogP contribution in [0.25, 0.3) is 10.9 Å². The lowest BCUT2D eigenvalue weighted by atomic mass is 9.92. The molecule has 0 unspecified atom stereocenters. The van der Waals surface area contributed by atoms with Gasteiger partial charge in [0.2, 0.25) is 11.9 Å². The average Bonchev–Trinajstić information content (AvgIpc) is 3.66. The molecule has 8 nitrogen and oxygen atoms in total. The van der Waals surface area contributed by atoms with E-state index in [1.807, 2.05) is 6.07 Å². The predicted octanol–water partition coefficient (Wildman–Crippen LogP) is 7.29. The molecule has 4 aromatic rings. The third kappa shape index (κ3) is 5.47. The molecule has 1 aliphatic carbocycles. The van der Waals surface area contributed by atoms with Crippen molar-refractivity contribution in [3.63, 3.8) is 0 Å². The van der Waals surface area contributed by atoms with Crippen molar-refractivity contribution in [3.8, 4) is 6.07 Å². The summed E-state index contributed by atoms with van der Waals surface area (Å²) >= 11 is 6.51. The molecule has 1 atom stereocenters. The van der Waals surface area contributed by atoms with Gasteiger partial charge in [0.25, 0.3) is 6.43 Å². The van der Waals surface area contributed by atoms with Crippen molar-refractivity contribution >= 4 is 33.9 Å². The van der Waals surface area contributed by atoms with Gasteiger partial charge in [-0.25, -0.2) is 18.4 Å². The number of pyridine rings is 2. The monoisotopic (exact) mass is 640 g/mol. The number of aromatic nitrogens is 5. The Bertz CT molecular complexity index is 1780. The molecule has 5 rings (SSSR count). The first-order valence-electron chi connectivity index (χ1n) is 13.2. The Labute approximate surface area is 251 Å². The number of hydrogen-bond donors (Lipinski definition) is 2. The quantitative estimate of drug-likeness (QED) is 0.146. The lowest BCUT2D eigenvalue weighted by molar-refractivity contribution is -0.206. The molecule has 1 saturated carbocycles. The molecular formula is C28H24ClF7N8. The smallest absolute Gasteiger partial charge is 0.382 e. The highest BCUT2D eigenvalue weighted by Crippen LogP contribution is 2.49. The number of nitriles is 1. The molecule has 3 heterocycles. The van der Waals surface area contributed by atoms with E-state index >= 15 is 4.39 Å². The topological polar surface area (TPSA) is 104 Å². The Morgan fingerprint density at radius 2 is 1.86 bits per heavy atom. The normalized spacial score (nSPS) is 15.3. The summed E-state index contributed by atoms with van der Waals surface area (Å²) in [5.41, 5.74) is -3.75. The Morgan fingerprint density at radius 1 is 1.16 bits per heavy atom. The van der Waals surface area contributed by atoms with Crippen molar-refractivity contribution in [2.75, 3.05) is 17.2 Å². The molecule has 16 heteroatoms. The van der Waals surface area contributed by atoms with Gasteiger partial charge in [-0.05, 0) is 51.8 Å². The summed E-state index contributed by atoms with van der Waals surface area (Å²) in [4.78, 5) is 7.96. The molecule has 44 heavy (non-hydrogen) atoms. The second kappa shape index (κ2) is 11.1. The van der Waals surface area contributed by atoms with E-state index in [2.05, 4.69) is 30.9 Å². The minimum Gasteiger partial charge on any atom is -0.382 e. The van der Waals surface area contributed by atoms with E-state index < -0.39 is 48.0 Å². The first-order valence-corrected chi connectivity index (χ1v) is 13.6. The van der Waals surface area contributed by atoms with Crippen LogP contribution in [0.3, 0.4) is 0 Å². The zero-order chi connectivity index (χ0) is 32.2. The summed E-state index contributed by atoms with van der Waals surface area (Å²) in [7, 11) is 0. The molecule has 1 aromatic carbocycles. The number of halogens is 8. The summed E-state index contributed by atoms with van der Waals surface area (Å²) in [5, 5.41) is 23.2. The number of hydrogen-bond acceptors (Lipinski definition) is 7. The fourth-order valence-electron chi connectivity index (χ4n) is 4.73. The fourth-order valence-corrected chi connectivity index (χ4v) is 5.00. The highest BCUT2D eigenvalue weighted by molar-refractivity contribution is 6.35. The molecule has 2 N–H and O–H groups in total. The summed E-state index contributed by atoms with van der Waals surface area (Å²) in [5.74, 6) is -1.95. The number of alkyl halides is 5. The zero-order valence-electron chi connectivity index (χ0n) is 23.4. The van der Waals surface area contributed by atoms with Gasteiger partial charge in [-0.15, -0.1) is 5.10 Å². The van der Waals surface area contributed by atoms with Crippen LogP contribution in [0.4, 0.5) is 42.1 Å². The number of aryl methyl sites for hydroxylation is 1. The van der Waals surface area contributed by atoms with E-state index in [0.717, 1.165) is 19.9 Å². The zero-order valence-corrected chi connectivity index (χ0v) is 24.1. The fraction of sp³-hybridized carbons (Fsp3) is 0.393. The van der Waals surface area contributed by atoms with Gasteiger partial charge in [0.15, 0.2) is 0 Å². The molecule has 1 aliphatic rings. The van der Waals surface area contributed by atoms with Crippen molar-refractivity contribution in [2.45, 2.75) is 57.8 Å². The van der Waals surface area contributed by atoms with Crippen molar-refractivity contribution in [3.05, 3.63) is 69.9 Å². The molecule has 0 aliphatic heterocycles. The SMILES string of the molecule is Cc1nc(F)ccc1[C@H](Nc1cc(Cl)c2ncc(C#N)c(NCC(C)(C)C(F)(F)F)c2c1)c1nnn(C2(C(F)F)CC2)c1F. The van der Waals surface area contributed by atoms with Gasteiger partial charge in [-0.3, -0.25) is 4.98 Å². The van der Waals surface area contributed by atoms with E-state index in [4.69, 9.17) is 11.6 Å². The van der Waals surface area contributed by atoms with Gasteiger partial charge in [0.1, 0.15) is 23.3 Å². The van der Waals surface area contributed by atoms with Crippen molar-refractivity contribution < 1.29 is 30.7 Å². The number of anilines is 2. The predicted molar refractivity (Wildman–Crippen MR) is 147 cm³/mol. The average molecular weight is 641 g/mol. The van der Waals surface area contributed by atoms with Crippen LogP contribution in [0.1, 0.15) is 55.2 Å². The van der Waals surface area contributed by atoms with Gasteiger partial charge < -0.3 is 10.6 Å². The van der Waals surface area contributed by atoms with Crippen LogP contribution in [0, 0.1) is 35.6 Å². The van der Waals surface area contributed by atoms with Crippen LogP contribution in [0.15, 0.2) is 30.5 Å². The summed E-state index contributed by atoms with van der Waals surface area (Å²) in [6, 6.07) is 5.82. The molecule has 232 valence electrons. The van der Waals surface area contributed by atoms with E-state index in [1.54, 1.807) is 0 Å². The van der Waals surface area contributed by atoms with Crippen LogP contribution in [0.5, 0.6) is 0 Å². The van der Waals surface area contributed by atoms with Gasteiger partial charge >= 0.3 is 6.18 Å². The molecule has 0 radical (unpaired) electrons. The summed E-state index contributed by atoms with van der Waals surface area (Å²) < 4.78 is 98.5. The first-order chi connectivity index (χ1) is 20.6. The number of nitrogens with one attached hydrogen (secondary N) is 2. The van der Waals surface area contributed by atoms with Crippen molar-refractivity contribution in [1.82, 2.24) is 25.0 Å². The van der Waals surface area contributed by atoms with E-state index in [0.29, 0.717) is 4.68 Å². The lowest BCUT2D eigenvalue weighted by Crippen LogP contribution is -2.38. The minimum absolute atomic E-state index is 0.00492. The number of fused-ring (bicyclic) bond motifs is 1. The Kier molecular flexibility index (Phi) is 7.86. The second-order valence-electron chi connectivity index (χ2n) is 11.2. The second-order valence-corrected chi connectivity index (χ2v) is 11.6. The molecule has 1 fully saturated rings. The Balaban J connectivity index is 1.62. The number of rotatable bonds is 9. The summed E-state index contributed by atoms with van der Waals surface area (Å²) in [6.45, 7) is 2.86. The van der Waals surface area contributed by atoms with Gasteiger partial charge in [0, 0.05) is 35.1 Å². The maximum atomic E-state index is 15.8. The van der Waals surface area contributed by atoms with E-state index in [9.17, 15) is 31.6 Å². The Hall–Kier alpha value is -4.19. The molecule has 0 saturated heterocycles. The Morgan fingerprint density at radius 3 is 2.45 bits per heavy atom. The van der Waals surface area contributed by atoms with Crippen LogP contribution in [-0.2, 0) is 5.54 Å². The van der Waals surface area contributed by atoms with E-state index in [1.165, 1.54) is 31.3 Å². The maximum absolute atomic E-state index is 15.8. The lowest BCUT2D eigenvalue weighted by Gasteiger charge is -2.28. The third-order valence-electron chi connectivity index (χ3n) is 7.74. The van der Waals surface area contributed by atoms with Gasteiger partial charge in [-0.1, -0.05) is 22.9 Å². The van der Waals surface area contributed by atoms with Crippen molar-refractivity contribution in [2.24, 2.45) is 5.41 Å². The van der Waals surface area contributed by atoms with Crippen LogP contribution in [-0.4, -0.2) is 44.1 Å². The van der Waals surface area contributed by atoms with Crippen molar-refractivity contribution in [1.29, 1.82) is 5.26 Å². The van der Waals surface area contributed by atoms with Crippen LogP contribution in [0.2, 0.25) is 5.02 Å². The van der Waals surface area contributed by atoms with Gasteiger partial charge in [0.05, 0.1) is 27.2 Å². The standard InChI is InChI=1S/C28H24ClF7N8/c1-13-16(4-5-19(30)40-13)22(23-24(31)44(43-42-23)27(6-7-27)25(32)33)41-15-8-17-20(39-12-26(2,3)28(34,35)36)14(10-37)11-38-21(17)18(29)9-15/h4-5,8-9,11,22,25,41H,6-7,12H2,1-3H3,(H,38,39)/t22-/m0/s1. The molecular weight excluding hydrogens is 617 g/mol. The minimum atomic E-state index is -4.56. The van der Waals surface area contributed by atoms with Crippen LogP contribution < -0.4 is 10.6 Å². The highest BCUT2D eigenvalue weighted by atomic mass is 35.5. The third-order valence-corrected chi connectivity index (χ3v) is 8.03. The number of nitrogens with zero attached hydrogens (tertiary/aromatic N) is 6. The first kappa shape index (κ1) is 31.2. The largest absolute Gasteiger partial charge is 0.395 e. The van der Waals surface area contributed by atoms with Gasteiger partial charge in [-0.2, -0.15) is 27.2 Å². The maximum Gasteiger partial charge on any atom is 0.395 e. The highest BCUT2D eigenvalue weighted by Gasteiger charge is 2.56. The van der Waals surface area contributed by atoms with E-state index in [-0.39, 0.29) is 62.7 Å². The molecule has 0 amide bonds.